The minimum atomic E-state index is -0.134. The SMILES string of the molecule is CCn1ccc(-c2ccc(Oc3cn4c(C5CCOCC5)ncc4c(=O)n3C)cc2)n1. The Balaban J connectivity index is 1.45. The van der Waals surface area contributed by atoms with Crippen molar-refractivity contribution >= 4 is 5.52 Å². The summed E-state index contributed by atoms with van der Waals surface area (Å²) in [6, 6.07) is 9.72. The Kier molecular flexibility index (Phi) is 5.07. The second kappa shape index (κ2) is 8.03. The summed E-state index contributed by atoms with van der Waals surface area (Å²) in [5.41, 5.74) is 2.35. The molecule has 4 heterocycles. The molecule has 1 fully saturated rings. The first-order valence-electron chi connectivity index (χ1n) is 10.6. The lowest BCUT2D eigenvalue weighted by molar-refractivity contribution is 0.0834. The zero-order valence-corrected chi connectivity index (χ0v) is 17.7. The number of aromatic nitrogens is 5. The Morgan fingerprint density at radius 2 is 1.94 bits per heavy atom. The molecule has 0 aliphatic carbocycles. The van der Waals surface area contributed by atoms with E-state index in [4.69, 9.17) is 9.47 Å². The van der Waals surface area contributed by atoms with Gasteiger partial charge in [-0.2, -0.15) is 5.10 Å². The predicted molar refractivity (Wildman–Crippen MR) is 117 cm³/mol. The molecule has 1 aromatic carbocycles. The molecular weight excluding hydrogens is 394 g/mol. The van der Waals surface area contributed by atoms with Crippen molar-refractivity contribution in [1.82, 2.24) is 23.7 Å². The highest BCUT2D eigenvalue weighted by Gasteiger charge is 2.22. The minimum Gasteiger partial charge on any atom is -0.439 e. The molecule has 8 heteroatoms. The lowest BCUT2D eigenvalue weighted by Gasteiger charge is -2.21. The molecule has 1 saturated heterocycles. The van der Waals surface area contributed by atoms with Gasteiger partial charge in [-0.3, -0.25) is 18.4 Å². The summed E-state index contributed by atoms with van der Waals surface area (Å²) in [5, 5.41) is 4.53. The molecule has 0 atom stereocenters. The van der Waals surface area contributed by atoms with Crippen LogP contribution in [0.5, 0.6) is 11.6 Å². The van der Waals surface area contributed by atoms with Gasteiger partial charge in [-0.05, 0) is 50.1 Å². The Morgan fingerprint density at radius 1 is 1.16 bits per heavy atom. The first kappa shape index (κ1) is 19.6. The highest BCUT2D eigenvalue weighted by molar-refractivity contribution is 5.59. The quantitative estimate of drug-likeness (QED) is 0.494. The van der Waals surface area contributed by atoms with Crippen molar-refractivity contribution in [2.45, 2.75) is 32.2 Å². The number of ether oxygens (including phenoxy) is 2. The first-order valence-corrected chi connectivity index (χ1v) is 10.6. The van der Waals surface area contributed by atoms with Crippen molar-refractivity contribution in [3.05, 3.63) is 65.1 Å². The second-order valence-electron chi connectivity index (χ2n) is 7.77. The monoisotopic (exact) mass is 419 g/mol. The molecule has 0 saturated carbocycles. The van der Waals surface area contributed by atoms with Gasteiger partial charge in [0.2, 0.25) is 5.88 Å². The largest absolute Gasteiger partial charge is 0.439 e. The van der Waals surface area contributed by atoms with Crippen LogP contribution in [0.1, 0.15) is 31.5 Å². The normalized spacial score (nSPS) is 14.9. The molecule has 5 rings (SSSR count). The van der Waals surface area contributed by atoms with Gasteiger partial charge in [-0.15, -0.1) is 0 Å². The van der Waals surface area contributed by atoms with Gasteiger partial charge in [0.25, 0.3) is 5.56 Å². The van der Waals surface area contributed by atoms with Crippen LogP contribution < -0.4 is 10.3 Å². The fourth-order valence-electron chi connectivity index (χ4n) is 4.00. The van der Waals surface area contributed by atoms with Gasteiger partial charge in [0.05, 0.1) is 18.1 Å². The standard InChI is InChI=1S/C23H25N5O3/c1-3-27-11-8-19(25-27)16-4-6-18(7-5-16)31-21-15-28-20(23(29)26(21)2)14-24-22(28)17-9-12-30-13-10-17/h4-8,11,14-15,17H,3,9-10,12-13H2,1-2H3. The fourth-order valence-corrected chi connectivity index (χ4v) is 4.00. The molecule has 1 aliphatic heterocycles. The summed E-state index contributed by atoms with van der Waals surface area (Å²) in [6.07, 6.45) is 7.28. The summed E-state index contributed by atoms with van der Waals surface area (Å²) < 4.78 is 16.8. The van der Waals surface area contributed by atoms with E-state index in [2.05, 4.69) is 17.0 Å². The molecule has 160 valence electrons. The first-order chi connectivity index (χ1) is 15.1. The third-order valence-electron chi connectivity index (χ3n) is 5.84. The molecule has 0 bridgehead atoms. The molecule has 0 N–H and O–H groups in total. The third kappa shape index (κ3) is 3.63. The summed E-state index contributed by atoms with van der Waals surface area (Å²) in [5.74, 6) is 2.29. The van der Waals surface area contributed by atoms with Crippen LogP contribution in [0.3, 0.4) is 0 Å². The molecule has 31 heavy (non-hydrogen) atoms. The topological polar surface area (TPSA) is 75.6 Å². The van der Waals surface area contributed by atoms with E-state index in [0.29, 0.717) is 17.1 Å². The molecule has 3 aromatic heterocycles. The van der Waals surface area contributed by atoms with Gasteiger partial charge in [-0.1, -0.05) is 0 Å². The number of hydrogen-bond donors (Lipinski definition) is 0. The Bertz CT molecular complexity index is 1260. The van der Waals surface area contributed by atoms with E-state index in [1.807, 2.05) is 51.8 Å². The zero-order chi connectivity index (χ0) is 21.4. The number of fused-ring (bicyclic) bond motifs is 1. The van der Waals surface area contributed by atoms with Gasteiger partial charge in [0.1, 0.15) is 17.1 Å². The Labute approximate surface area is 179 Å². The highest BCUT2D eigenvalue weighted by Crippen LogP contribution is 2.28. The van der Waals surface area contributed by atoms with Crippen LogP contribution >= 0.6 is 0 Å². The Morgan fingerprint density at radius 3 is 2.65 bits per heavy atom. The number of nitrogens with zero attached hydrogens (tertiary/aromatic N) is 5. The molecular formula is C23H25N5O3. The van der Waals surface area contributed by atoms with Crippen LogP contribution in [0.25, 0.3) is 16.8 Å². The predicted octanol–water partition coefficient (Wildman–Crippen LogP) is 3.60. The number of rotatable bonds is 5. The van der Waals surface area contributed by atoms with E-state index < -0.39 is 0 Å². The lowest BCUT2D eigenvalue weighted by Crippen LogP contribution is -2.22. The van der Waals surface area contributed by atoms with Crippen molar-refractivity contribution in [2.24, 2.45) is 7.05 Å². The maximum atomic E-state index is 12.9. The van der Waals surface area contributed by atoms with E-state index in [1.54, 1.807) is 13.2 Å². The van der Waals surface area contributed by atoms with E-state index >= 15 is 0 Å². The fraction of sp³-hybridized carbons (Fsp3) is 0.348. The smallest absolute Gasteiger partial charge is 0.279 e. The molecule has 0 amide bonds. The molecule has 8 nitrogen and oxygen atoms in total. The van der Waals surface area contributed by atoms with Crippen molar-refractivity contribution in [3.63, 3.8) is 0 Å². The van der Waals surface area contributed by atoms with E-state index in [1.165, 1.54) is 4.57 Å². The van der Waals surface area contributed by atoms with Crippen LogP contribution in [0, 0.1) is 0 Å². The summed E-state index contributed by atoms with van der Waals surface area (Å²) in [6.45, 7) is 4.33. The van der Waals surface area contributed by atoms with Crippen LogP contribution in [0.4, 0.5) is 0 Å². The molecule has 0 spiro atoms. The lowest BCUT2D eigenvalue weighted by atomic mass is 10.00. The number of aryl methyl sites for hydroxylation is 1. The number of hydrogen-bond acceptors (Lipinski definition) is 5. The molecule has 0 radical (unpaired) electrons. The van der Waals surface area contributed by atoms with Crippen LogP contribution in [0.2, 0.25) is 0 Å². The number of benzene rings is 1. The summed E-state index contributed by atoms with van der Waals surface area (Å²) in [7, 11) is 1.71. The zero-order valence-electron chi connectivity index (χ0n) is 17.7. The molecule has 1 aliphatic rings. The van der Waals surface area contributed by atoms with Gasteiger partial charge < -0.3 is 9.47 Å². The average molecular weight is 419 g/mol. The molecule has 0 unspecified atom stereocenters. The van der Waals surface area contributed by atoms with Crippen molar-refractivity contribution in [2.75, 3.05) is 13.2 Å². The van der Waals surface area contributed by atoms with E-state index in [0.717, 1.165) is 49.7 Å². The van der Waals surface area contributed by atoms with Gasteiger partial charge in [0.15, 0.2) is 0 Å². The summed E-state index contributed by atoms with van der Waals surface area (Å²) >= 11 is 0. The van der Waals surface area contributed by atoms with Crippen LogP contribution in [-0.4, -0.2) is 36.9 Å². The van der Waals surface area contributed by atoms with Gasteiger partial charge in [-0.25, -0.2) is 4.98 Å². The van der Waals surface area contributed by atoms with E-state index in [9.17, 15) is 4.79 Å². The highest BCUT2D eigenvalue weighted by atomic mass is 16.5. The second-order valence-corrected chi connectivity index (χ2v) is 7.77. The van der Waals surface area contributed by atoms with Crippen LogP contribution in [-0.2, 0) is 18.3 Å². The third-order valence-corrected chi connectivity index (χ3v) is 5.84. The summed E-state index contributed by atoms with van der Waals surface area (Å²) in [4.78, 5) is 17.4. The van der Waals surface area contributed by atoms with Crippen molar-refractivity contribution in [1.29, 1.82) is 0 Å². The Hall–Kier alpha value is -3.39. The van der Waals surface area contributed by atoms with E-state index in [-0.39, 0.29) is 11.5 Å². The molecule has 4 aromatic rings. The van der Waals surface area contributed by atoms with Gasteiger partial charge >= 0.3 is 0 Å². The maximum absolute atomic E-state index is 12.9. The van der Waals surface area contributed by atoms with Crippen molar-refractivity contribution < 1.29 is 9.47 Å². The van der Waals surface area contributed by atoms with Gasteiger partial charge in [0, 0.05) is 44.5 Å². The number of imidazole rings is 1. The van der Waals surface area contributed by atoms with Crippen molar-refractivity contribution in [3.8, 4) is 22.9 Å². The van der Waals surface area contributed by atoms with Crippen LogP contribution in [0.15, 0.2) is 53.7 Å². The maximum Gasteiger partial charge on any atom is 0.279 e. The average Bonchev–Trinajstić information content (AvgIpc) is 3.46. The minimum absolute atomic E-state index is 0.134.